The van der Waals surface area contributed by atoms with Crippen molar-refractivity contribution >= 4 is 27.0 Å². The van der Waals surface area contributed by atoms with Crippen molar-refractivity contribution in [1.82, 2.24) is 0 Å². The maximum absolute atomic E-state index is 11.1. The first-order valence-electron chi connectivity index (χ1n) is 17.3. The lowest BCUT2D eigenvalue weighted by Crippen LogP contribution is -2.66. The summed E-state index contributed by atoms with van der Waals surface area (Å²) in [5.74, 6) is 6.40. The van der Waals surface area contributed by atoms with E-state index in [9.17, 15) is 5.11 Å². The van der Waals surface area contributed by atoms with Gasteiger partial charge in [-0.15, -0.1) is 6.58 Å². The molecule has 1 fully saturated rings. The smallest absolute Gasteiger partial charge is 0.261 e. The molecule has 1 aliphatic rings. The number of ether oxygens (including phenoxy) is 3. The van der Waals surface area contributed by atoms with Gasteiger partial charge in [0, 0.05) is 26.2 Å². The van der Waals surface area contributed by atoms with Crippen LogP contribution in [-0.4, -0.2) is 72.8 Å². The predicted octanol–water partition coefficient (Wildman–Crippen LogP) is 7.21. The third-order valence-electron chi connectivity index (χ3n) is 9.44. The number of benzene rings is 2. The van der Waals surface area contributed by atoms with Gasteiger partial charge in [0.2, 0.25) is 0 Å². The first-order chi connectivity index (χ1) is 22.2. The average Bonchev–Trinajstić information content (AvgIpc) is 3.04. The van der Waals surface area contributed by atoms with Crippen LogP contribution in [0.25, 0.3) is 0 Å². The van der Waals surface area contributed by atoms with E-state index in [-0.39, 0.29) is 16.4 Å². The van der Waals surface area contributed by atoms with Crippen molar-refractivity contribution in [2.45, 2.75) is 121 Å². The molecule has 0 amide bonds. The Morgan fingerprint density at radius 1 is 0.915 bits per heavy atom. The van der Waals surface area contributed by atoms with Crippen molar-refractivity contribution in [3.63, 3.8) is 0 Å². The zero-order valence-electron chi connectivity index (χ0n) is 30.2. The number of hydrogen-bond donors (Lipinski definition) is 1. The molecule has 4 unspecified atom stereocenters. The van der Waals surface area contributed by atoms with Gasteiger partial charge in [0.05, 0.1) is 6.10 Å². The van der Waals surface area contributed by atoms with Crippen LogP contribution < -0.4 is 10.4 Å². The molecule has 0 aromatic heterocycles. The van der Waals surface area contributed by atoms with Crippen LogP contribution in [0.15, 0.2) is 73.3 Å². The third-order valence-corrected chi connectivity index (χ3v) is 19.0. The fourth-order valence-corrected chi connectivity index (χ4v) is 11.7. The van der Waals surface area contributed by atoms with Gasteiger partial charge < -0.3 is 28.2 Å². The number of aliphatic hydroxyl groups is 1. The van der Waals surface area contributed by atoms with Crippen LogP contribution in [0.3, 0.4) is 0 Å². The summed E-state index contributed by atoms with van der Waals surface area (Å²) in [6.45, 7) is 23.7. The molecule has 0 aliphatic carbocycles. The van der Waals surface area contributed by atoms with Crippen LogP contribution in [0.4, 0.5) is 0 Å². The van der Waals surface area contributed by atoms with Crippen LogP contribution in [-0.2, 0) is 23.1 Å². The quantitative estimate of drug-likeness (QED) is 0.0875. The monoisotopic (exact) mass is 680 g/mol. The average molecular weight is 681 g/mol. The number of rotatable bonds is 16. The maximum Gasteiger partial charge on any atom is 0.261 e. The van der Waals surface area contributed by atoms with Gasteiger partial charge >= 0.3 is 0 Å². The molecule has 8 heteroatoms. The minimum atomic E-state index is -2.65. The molecule has 3 rings (SSSR count). The molecule has 0 radical (unpaired) electrons. The third kappa shape index (κ3) is 11.0. The van der Waals surface area contributed by atoms with Crippen LogP contribution in [0, 0.1) is 11.8 Å². The normalized spacial score (nSPS) is 18.1. The van der Waals surface area contributed by atoms with Crippen LogP contribution in [0.1, 0.15) is 73.6 Å². The van der Waals surface area contributed by atoms with Gasteiger partial charge in [0.1, 0.15) is 18.8 Å². The van der Waals surface area contributed by atoms with E-state index in [1.54, 1.807) is 0 Å². The van der Waals surface area contributed by atoms with Gasteiger partial charge in [-0.3, -0.25) is 0 Å². The Labute approximate surface area is 287 Å². The van der Waals surface area contributed by atoms with Crippen molar-refractivity contribution in [2.24, 2.45) is 0 Å². The van der Waals surface area contributed by atoms with Crippen molar-refractivity contribution in [1.29, 1.82) is 0 Å². The highest BCUT2D eigenvalue weighted by Crippen LogP contribution is 2.39. The minimum Gasteiger partial charge on any atom is -0.410 e. The van der Waals surface area contributed by atoms with Gasteiger partial charge in [-0.2, -0.15) is 0 Å². The predicted molar refractivity (Wildman–Crippen MR) is 198 cm³/mol. The Hall–Kier alpha value is -2.07. The molecule has 0 spiro atoms. The van der Waals surface area contributed by atoms with E-state index in [0.29, 0.717) is 32.7 Å². The summed E-state index contributed by atoms with van der Waals surface area (Å²) in [4.78, 5) is 0. The fraction of sp³-hybridized carbons (Fsp3) is 0.590. The summed E-state index contributed by atoms with van der Waals surface area (Å²) in [5, 5.41) is 13.5. The highest BCUT2D eigenvalue weighted by molar-refractivity contribution is 6.99. The molecule has 1 saturated heterocycles. The van der Waals surface area contributed by atoms with E-state index in [4.69, 9.17) is 23.1 Å². The molecule has 6 nitrogen and oxygen atoms in total. The molecule has 1 aliphatic heterocycles. The Morgan fingerprint density at radius 3 is 2.04 bits per heavy atom. The first-order valence-corrected chi connectivity index (χ1v) is 22.1. The topological polar surface area (TPSA) is 66.4 Å². The Kier molecular flexibility index (Phi) is 15.1. The van der Waals surface area contributed by atoms with E-state index in [2.05, 4.69) is 134 Å². The molecule has 2 aromatic rings. The molecule has 1 N–H and O–H groups in total. The fourth-order valence-electron chi connectivity index (χ4n) is 5.81. The maximum atomic E-state index is 11.1. The Balaban J connectivity index is 1.75. The summed E-state index contributed by atoms with van der Waals surface area (Å²) in [5.41, 5.74) is 0. The second-order valence-corrected chi connectivity index (χ2v) is 24.1. The summed E-state index contributed by atoms with van der Waals surface area (Å²) in [6.07, 6.45) is 3.57. The number of hydrogen-bond acceptors (Lipinski definition) is 6. The van der Waals surface area contributed by atoms with Crippen LogP contribution >= 0.6 is 0 Å². The Bertz CT molecular complexity index is 1210. The molecule has 0 saturated carbocycles. The second kappa shape index (κ2) is 18.1. The molecule has 260 valence electrons. The lowest BCUT2D eigenvalue weighted by molar-refractivity contribution is -0.154. The Morgan fingerprint density at radius 2 is 1.53 bits per heavy atom. The SMILES string of the molecule is C=CC(O)C(OCCCO[Si](c1ccccc1)(c1ccccc1)C(C)(C)C)C(CC#CCOC1CCCCO1)O[Si](C)(C)C(C)(C)C. The van der Waals surface area contributed by atoms with Crippen LogP contribution in [0.2, 0.25) is 23.2 Å². The molecule has 0 bridgehead atoms. The zero-order valence-corrected chi connectivity index (χ0v) is 32.2. The van der Waals surface area contributed by atoms with E-state index < -0.39 is 34.9 Å². The lowest BCUT2D eigenvalue weighted by atomic mass is 10.1. The second-order valence-electron chi connectivity index (χ2n) is 15.0. The highest BCUT2D eigenvalue weighted by Gasteiger charge is 2.50. The molecule has 2 aromatic carbocycles. The summed E-state index contributed by atoms with van der Waals surface area (Å²) in [6, 6.07) is 21.3. The van der Waals surface area contributed by atoms with Crippen molar-refractivity contribution in [2.75, 3.05) is 26.4 Å². The van der Waals surface area contributed by atoms with Gasteiger partial charge in [0.15, 0.2) is 14.6 Å². The molecular formula is C39H60O6Si2. The van der Waals surface area contributed by atoms with Gasteiger partial charge in [-0.25, -0.2) is 0 Å². The van der Waals surface area contributed by atoms with E-state index >= 15 is 0 Å². The van der Waals surface area contributed by atoms with E-state index in [0.717, 1.165) is 25.9 Å². The summed E-state index contributed by atoms with van der Waals surface area (Å²) in [7, 11) is -4.87. The standard InChI is InChI=1S/C39H60O6Si2/c1-10-34(40)37(35(45-46(8,9)38(2,3)4)26-17-19-28-41-36-27-18-20-29-42-36)43-30-21-31-44-47(39(5,6)7,32-22-13-11-14-23-32)33-24-15-12-16-25-33/h10-16,22-25,34-37,40H,1,18,20-21,26-31H2,2-9H3. The van der Waals surface area contributed by atoms with Gasteiger partial charge in [-0.05, 0) is 59.2 Å². The van der Waals surface area contributed by atoms with Crippen LogP contribution in [0.5, 0.6) is 0 Å². The van der Waals surface area contributed by atoms with Crippen molar-refractivity contribution < 1.29 is 28.2 Å². The molecule has 4 atom stereocenters. The summed E-state index contributed by atoms with van der Waals surface area (Å²) >= 11 is 0. The number of aliphatic hydroxyl groups excluding tert-OH is 1. The van der Waals surface area contributed by atoms with Gasteiger partial charge in [0.25, 0.3) is 8.32 Å². The van der Waals surface area contributed by atoms with Gasteiger partial charge in [-0.1, -0.05) is 120 Å². The highest BCUT2D eigenvalue weighted by atomic mass is 28.4. The summed E-state index contributed by atoms with van der Waals surface area (Å²) < 4.78 is 31.9. The van der Waals surface area contributed by atoms with E-state index in [1.165, 1.54) is 16.4 Å². The molecular weight excluding hydrogens is 621 g/mol. The minimum absolute atomic E-state index is 0.0204. The zero-order chi connectivity index (χ0) is 34.6. The molecule has 47 heavy (non-hydrogen) atoms. The van der Waals surface area contributed by atoms with Crippen molar-refractivity contribution in [3.05, 3.63) is 73.3 Å². The largest absolute Gasteiger partial charge is 0.410 e. The van der Waals surface area contributed by atoms with Crippen molar-refractivity contribution in [3.8, 4) is 11.8 Å². The van der Waals surface area contributed by atoms with E-state index in [1.807, 2.05) is 0 Å². The lowest BCUT2D eigenvalue weighted by Gasteiger charge is -2.43. The molecule has 1 heterocycles. The first kappa shape index (κ1) is 39.4.